The zero-order valence-corrected chi connectivity index (χ0v) is 11.6. The quantitative estimate of drug-likeness (QED) is 0.748. The lowest BCUT2D eigenvalue weighted by Crippen LogP contribution is -2.50. The zero-order valence-electron chi connectivity index (χ0n) is 11.6. The first kappa shape index (κ1) is 17.2. The summed E-state index contributed by atoms with van der Waals surface area (Å²) in [5.41, 5.74) is -8.77. The lowest BCUT2D eigenvalue weighted by atomic mass is 9.91. The van der Waals surface area contributed by atoms with Crippen molar-refractivity contribution in [2.24, 2.45) is 7.05 Å². The Kier molecular flexibility index (Phi) is 3.65. The van der Waals surface area contributed by atoms with Gasteiger partial charge < -0.3 is 0 Å². The van der Waals surface area contributed by atoms with Gasteiger partial charge in [-0.05, 0) is 24.6 Å². The molecule has 1 heterocycles. The molecule has 0 N–H and O–H groups in total. The van der Waals surface area contributed by atoms with E-state index in [1.807, 2.05) is 0 Å². The van der Waals surface area contributed by atoms with Crippen LogP contribution in [0.5, 0.6) is 0 Å². The van der Waals surface area contributed by atoms with Gasteiger partial charge in [-0.3, -0.25) is 4.79 Å². The summed E-state index contributed by atoms with van der Waals surface area (Å²) in [5, 5.41) is 6.30. The van der Waals surface area contributed by atoms with Crippen molar-refractivity contribution < 1.29 is 30.7 Å². The largest absolute Gasteiger partial charge is 0.435 e. The minimum atomic E-state index is -6.25. The monoisotopic (exact) mass is 343 g/mol. The summed E-state index contributed by atoms with van der Waals surface area (Å²) in [6.07, 6.45) is -12.5. The van der Waals surface area contributed by atoms with Gasteiger partial charge in [-0.15, -0.1) is 5.10 Å². The van der Waals surface area contributed by atoms with Crippen molar-refractivity contribution in [3.8, 4) is 0 Å². The molecule has 126 valence electrons. The van der Waals surface area contributed by atoms with Crippen molar-refractivity contribution in [3.63, 3.8) is 0 Å². The maximum Gasteiger partial charge on any atom is 0.435 e. The van der Waals surface area contributed by atoms with E-state index in [0.29, 0.717) is 10.7 Å². The topological polar surface area (TPSA) is 47.8 Å². The van der Waals surface area contributed by atoms with E-state index in [0.717, 1.165) is 14.0 Å². The molecule has 0 aliphatic heterocycles. The summed E-state index contributed by atoms with van der Waals surface area (Å²) in [5.74, 6) is 0. The molecule has 23 heavy (non-hydrogen) atoms. The van der Waals surface area contributed by atoms with Crippen molar-refractivity contribution >= 4 is 10.9 Å². The highest BCUT2D eigenvalue weighted by Crippen LogP contribution is 2.53. The Hall–Kier alpha value is -2.20. The fourth-order valence-electron chi connectivity index (χ4n) is 2.09. The zero-order chi connectivity index (χ0) is 17.8. The lowest BCUT2D eigenvalue weighted by Gasteiger charge is -2.30. The van der Waals surface area contributed by atoms with E-state index in [2.05, 4.69) is 10.3 Å². The van der Waals surface area contributed by atoms with Crippen LogP contribution in [0, 0.1) is 6.92 Å². The van der Waals surface area contributed by atoms with Crippen LogP contribution in [-0.2, 0) is 12.7 Å². The van der Waals surface area contributed by atoms with Gasteiger partial charge >= 0.3 is 18.0 Å². The molecule has 4 nitrogen and oxygen atoms in total. The van der Waals surface area contributed by atoms with Crippen molar-refractivity contribution in [1.29, 1.82) is 0 Å². The Morgan fingerprint density at radius 1 is 1.00 bits per heavy atom. The summed E-state index contributed by atoms with van der Waals surface area (Å²) < 4.78 is 91.4. The number of aromatic nitrogens is 3. The molecule has 2 rings (SSSR count). The van der Waals surface area contributed by atoms with E-state index >= 15 is 0 Å². The van der Waals surface area contributed by atoms with Crippen LogP contribution in [0.2, 0.25) is 0 Å². The second-order valence-electron chi connectivity index (χ2n) is 4.86. The molecule has 0 spiro atoms. The second kappa shape index (κ2) is 4.90. The van der Waals surface area contributed by atoms with Crippen LogP contribution in [0.1, 0.15) is 11.1 Å². The van der Waals surface area contributed by atoms with Gasteiger partial charge in [0.2, 0.25) is 0 Å². The highest BCUT2D eigenvalue weighted by atomic mass is 19.4. The first-order valence-corrected chi connectivity index (χ1v) is 5.98. The van der Waals surface area contributed by atoms with Gasteiger partial charge in [0, 0.05) is 12.6 Å². The molecule has 0 radical (unpaired) electrons. The van der Waals surface area contributed by atoms with E-state index in [1.165, 1.54) is 0 Å². The average Bonchev–Trinajstić information content (AvgIpc) is 2.39. The van der Waals surface area contributed by atoms with E-state index in [4.69, 9.17) is 0 Å². The molecule has 0 atom stereocenters. The number of nitrogens with zero attached hydrogens (tertiary/aromatic N) is 3. The number of fused-ring (bicyclic) bond motifs is 1. The van der Waals surface area contributed by atoms with E-state index in [9.17, 15) is 35.5 Å². The molecule has 0 aliphatic rings. The number of rotatable bonds is 1. The normalized spacial score (nSPS) is 13.6. The second-order valence-corrected chi connectivity index (χ2v) is 4.86. The molecule has 1 aromatic carbocycles. The van der Waals surface area contributed by atoms with Crippen molar-refractivity contribution in [3.05, 3.63) is 33.6 Å². The van der Waals surface area contributed by atoms with Crippen LogP contribution in [0.15, 0.2) is 16.9 Å². The SMILES string of the molecule is Cc1cc(C(F)(C(F)(F)F)C(F)(F)F)cc2c(=O)n(C)nnc12. The molecule has 0 saturated heterocycles. The highest BCUT2D eigenvalue weighted by Gasteiger charge is 2.73. The fourth-order valence-corrected chi connectivity index (χ4v) is 2.09. The van der Waals surface area contributed by atoms with Crippen molar-refractivity contribution in [1.82, 2.24) is 15.0 Å². The van der Waals surface area contributed by atoms with Crippen molar-refractivity contribution in [2.45, 2.75) is 24.9 Å². The summed E-state index contributed by atoms with van der Waals surface area (Å²) >= 11 is 0. The standard InChI is InChI=1S/C12H8F7N3O/c1-5-3-6(10(13,11(14,15)16)12(17,18)19)4-7-8(5)20-21-22(2)9(7)23/h3-4H,1-2H3. The summed E-state index contributed by atoms with van der Waals surface area (Å²) in [4.78, 5) is 11.8. The van der Waals surface area contributed by atoms with Crippen LogP contribution in [-0.4, -0.2) is 27.3 Å². The van der Waals surface area contributed by atoms with Gasteiger partial charge in [0.25, 0.3) is 5.56 Å². The first-order chi connectivity index (χ1) is 10.3. The summed E-state index contributed by atoms with van der Waals surface area (Å²) in [7, 11) is 1.10. The van der Waals surface area contributed by atoms with Gasteiger partial charge in [0.1, 0.15) is 5.52 Å². The Labute approximate surface area is 123 Å². The predicted octanol–water partition coefficient (Wildman–Crippen LogP) is 2.93. The Bertz CT molecular complexity index is 808. The molecule has 11 heteroatoms. The van der Waals surface area contributed by atoms with E-state index in [-0.39, 0.29) is 17.1 Å². The van der Waals surface area contributed by atoms with Gasteiger partial charge in [-0.2, -0.15) is 26.3 Å². The molecule has 0 saturated carbocycles. The third-order valence-corrected chi connectivity index (χ3v) is 3.28. The molecule has 0 bridgehead atoms. The van der Waals surface area contributed by atoms with Gasteiger partial charge in [-0.25, -0.2) is 9.07 Å². The number of hydrogen-bond acceptors (Lipinski definition) is 3. The fraction of sp³-hybridized carbons (Fsp3) is 0.417. The number of hydrogen-bond donors (Lipinski definition) is 0. The van der Waals surface area contributed by atoms with Gasteiger partial charge in [0.05, 0.1) is 5.39 Å². The molecule has 2 aromatic rings. The van der Waals surface area contributed by atoms with Crippen LogP contribution in [0.25, 0.3) is 10.9 Å². The number of alkyl halides is 7. The average molecular weight is 343 g/mol. The summed E-state index contributed by atoms with van der Waals surface area (Å²) in [6, 6.07) is 0.567. The maximum absolute atomic E-state index is 14.1. The third-order valence-electron chi connectivity index (χ3n) is 3.28. The van der Waals surface area contributed by atoms with Crippen LogP contribution < -0.4 is 5.56 Å². The Balaban J connectivity index is 2.92. The van der Waals surface area contributed by atoms with Crippen molar-refractivity contribution in [2.75, 3.05) is 0 Å². The Morgan fingerprint density at radius 3 is 2.00 bits per heavy atom. The van der Waals surface area contributed by atoms with Crippen LogP contribution >= 0.6 is 0 Å². The highest BCUT2D eigenvalue weighted by molar-refractivity contribution is 5.81. The molecular weight excluding hydrogens is 335 g/mol. The predicted molar refractivity (Wildman–Crippen MR) is 64.4 cm³/mol. The van der Waals surface area contributed by atoms with Gasteiger partial charge in [0.15, 0.2) is 0 Å². The molecule has 0 amide bonds. The number of benzene rings is 1. The maximum atomic E-state index is 14.1. The Morgan fingerprint density at radius 2 is 1.52 bits per heavy atom. The van der Waals surface area contributed by atoms with Gasteiger partial charge in [-0.1, -0.05) is 5.21 Å². The molecule has 1 aromatic heterocycles. The minimum Gasteiger partial charge on any atom is -0.267 e. The molecular formula is C12H8F7N3O. The number of aryl methyl sites for hydroxylation is 2. The van der Waals surface area contributed by atoms with Crippen LogP contribution in [0.3, 0.4) is 0 Å². The molecule has 0 unspecified atom stereocenters. The molecule has 0 fully saturated rings. The molecule has 0 aliphatic carbocycles. The lowest BCUT2D eigenvalue weighted by molar-refractivity contribution is -0.348. The summed E-state index contributed by atoms with van der Waals surface area (Å²) in [6.45, 7) is 1.10. The minimum absolute atomic E-state index is 0.205. The van der Waals surface area contributed by atoms with E-state index in [1.54, 1.807) is 0 Å². The van der Waals surface area contributed by atoms with Crippen LogP contribution in [0.4, 0.5) is 30.7 Å². The van der Waals surface area contributed by atoms with E-state index < -0.39 is 34.5 Å². The third kappa shape index (κ3) is 2.43. The smallest absolute Gasteiger partial charge is 0.267 e. The number of halogens is 7. The first-order valence-electron chi connectivity index (χ1n) is 5.98.